The van der Waals surface area contributed by atoms with Crippen LogP contribution in [-0.4, -0.2) is 21.1 Å². The standard InChI is InChI=1S/C25H21ClF3N3O3/c26-22-6-5-20(15-21(22)25(27,28)29)35-19-3-1-17(2-4-19)10-14-34-23-9-13-32(24(33)31-23)16-18-7-11-30-12-8-18/h1,3-9,11-13,15,17H,2,10,14,16H2. The number of nitrogens with zero attached hydrogens (tertiary/aromatic N) is 3. The van der Waals surface area contributed by atoms with E-state index in [1.165, 1.54) is 16.7 Å². The second kappa shape index (κ2) is 10.8. The SMILES string of the molecule is O=c1nc(OCCC2C=CC(Oc3ccc(Cl)c(C(F)(F)F)c3)=CC2)ccn1Cc1ccncc1. The van der Waals surface area contributed by atoms with Gasteiger partial charge in [-0.3, -0.25) is 9.55 Å². The quantitative estimate of drug-likeness (QED) is 0.396. The maximum Gasteiger partial charge on any atom is 0.417 e. The number of allylic oxidation sites excluding steroid dienone is 3. The molecule has 1 unspecified atom stereocenters. The summed E-state index contributed by atoms with van der Waals surface area (Å²) in [6.45, 7) is 0.748. The highest BCUT2D eigenvalue weighted by Gasteiger charge is 2.33. The molecule has 6 nitrogen and oxygen atoms in total. The number of alkyl halides is 3. The first-order valence-electron chi connectivity index (χ1n) is 10.8. The first-order chi connectivity index (χ1) is 16.8. The third kappa shape index (κ3) is 6.73. The third-order valence-electron chi connectivity index (χ3n) is 5.32. The van der Waals surface area contributed by atoms with Crippen LogP contribution in [0.4, 0.5) is 13.2 Å². The van der Waals surface area contributed by atoms with E-state index in [-0.39, 0.29) is 22.6 Å². The number of hydrogen-bond acceptors (Lipinski definition) is 5. The summed E-state index contributed by atoms with van der Waals surface area (Å²) in [5.41, 5.74) is -0.405. The van der Waals surface area contributed by atoms with Crippen molar-refractivity contribution in [3.05, 3.63) is 106 Å². The van der Waals surface area contributed by atoms with Crippen LogP contribution in [0.5, 0.6) is 11.6 Å². The van der Waals surface area contributed by atoms with Gasteiger partial charge in [-0.25, -0.2) is 4.79 Å². The summed E-state index contributed by atoms with van der Waals surface area (Å²) < 4.78 is 51.8. The van der Waals surface area contributed by atoms with Gasteiger partial charge in [0.2, 0.25) is 5.88 Å². The van der Waals surface area contributed by atoms with Gasteiger partial charge < -0.3 is 9.47 Å². The molecule has 1 atom stereocenters. The minimum absolute atomic E-state index is 0.0594. The van der Waals surface area contributed by atoms with Crippen molar-refractivity contribution in [1.29, 1.82) is 0 Å². The van der Waals surface area contributed by atoms with Gasteiger partial charge in [-0.15, -0.1) is 0 Å². The van der Waals surface area contributed by atoms with Gasteiger partial charge >= 0.3 is 11.9 Å². The fourth-order valence-corrected chi connectivity index (χ4v) is 3.69. The number of pyridine rings is 1. The molecule has 3 aromatic rings. The van der Waals surface area contributed by atoms with E-state index in [1.54, 1.807) is 30.7 Å². The molecule has 0 saturated heterocycles. The zero-order chi connectivity index (χ0) is 24.8. The summed E-state index contributed by atoms with van der Waals surface area (Å²) in [6.07, 6.45) is 7.15. The van der Waals surface area contributed by atoms with Gasteiger partial charge in [-0.05, 0) is 66.8 Å². The summed E-state index contributed by atoms with van der Waals surface area (Å²) >= 11 is 5.64. The van der Waals surface area contributed by atoms with Gasteiger partial charge in [0.1, 0.15) is 11.5 Å². The first kappa shape index (κ1) is 24.5. The molecule has 1 aromatic carbocycles. The van der Waals surface area contributed by atoms with E-state index in [2.05, 4.69) is 9.97 Å². The van der Waals surface area contributed by atoms with Crippen LogP contribution in [0.1, 0.15) is 24.0 Å². The zero-order valence-corrected chi connectivity index (χ0v) is 19.2. The Balaban J connectivity index is 1.25. The maximum absolute atomic E-state index is 13.0. The molecule has 182 valence electrons. The highest BCUT2D eigenvalue weighted by molar-refractivity contribution is 6.31. The lowest BCUT2D eigenvalue weighted by molar-refractivity contribution is -0.137. The minimum Gasteiger partial charge on any atom is -0.477 e. The largest absolute Gasteiger partial charge is 0.477 e. The molecule has 0 spiro atoms. The highest BCUT2D eigenvalue weighted by atomic mass is 35.5. The second-order valence-electron chi connectivity index (χ2n) is 7.87. The average Bonchev–Trinajstić information content (AvgIpc) is 2.83. The lowest BCUT2D eigenvalue weighted by Gasteiger charge is -2.17. The Morgan fingerprint density at radius 3 is 2.63 bits per heavy atom. The van der Waals surface area contributed by atoms with Crippen molar-refractivity contribution < 1.29 is 22.6 Å². The zero-order valence-electron chi connectivity index (χ0n) is 18.4. The van der Waals surface area contributed by atoms with Crippen LogP contribution < -0.4 is 15.2 Å². The molecule has 2 heterocycles. The molecule has 0 saturated carbocycles. The lowest BCUT2D eigenvalue weighted by Crippen LogP contribution is -2.23. The molecule has 1 aliphatic rings. The molecule has 35 heavy (non-hydrogen) atoms. The molecule has 0 N–H and O–H groups in total. The predicted molar refractivity (Wildman–Crippen MR) is 124 cm³/mol. The highest BCUT2D eigenvalue weighted by Crippen LogP contribution is 2.37. The number of halogens is 4. The molecule has 0 radical (unpaired) electrons. The number of benzene rings is 1. The second-order valence-corrected chi connectivity index (χ2v) is 8.28. The molecule has 0 amide bonds. The summed E-state index contributed by atoms with van der Waals surface area (Å²) in [5, 5.41) is -0.376. The van der Waals surface area contributed by atoms with Crippen LogP contribution in [0.25, 0.3) is 0 Å². The monoisotopic (exact) mass is 503 g/mol. The van der Waals surface area contributed by atoms with Crippen molar-refractivity contribution in [3.8, 4) is 11.6 Å². The normalized spacial score (nSPS) is 15.5. The average molecular weight is 504 g/mol. The van der Waals surface area contributed by atoms with E-state index in [1.807, 2.05) is 24.3 Å². The molecular weight excluding hydrogens is 483 g/mol. The van der Waals surface area contributed by atoms with Crippen LogP contribution in [0, 0.1) is 5.92 Å². The van der Waals surface area contributed by atoms with E-state index in [9.17, 15) is 18.0 Å². The fourth-order valence-electron chi connectivity index (χ4n) is 3.47. The van der Waals surface area contributed by atoms with Crippen LogP contribution in [0.2, 0.25) is 5.02 Å². The van der Waals surface area contributed by atoms with Crippen LogP contribution in [0.3, 0.4) is 0 Å². The van der Waals surface area contributed by atoms with E-state index >= 15 is 0 Å². The Hall–Kier alpha value is -3.59. The third-order valence-corrected chi connectivity index (χ3v) is 5.65. The summed E-state index contributed by atoms with van der Waals surface area (Å²) in [4.78, 5) is 20.2. The molecule has 1 aliphatic carbocycles. The maximum atomic E-state index is 13.0. The van der Waals surface area contributed by atoms with E-state index < -0.39 is 17.4 Å². The lowest BCUT2D eigenvalue weighted by atomic mass is 9.97. The van der Waals surface area contributed by atoms with Gasteiger partial charge in [0, 0.05) is 24.7 Å². The summed E-state index contributed by atoms with van der Waals surface area (Å²) in [7, 11) is 0. The Bertz CT molecular complexity index is 1290. The van der Waals surface area contributed by atoms with Crippen LogP contribution in [0.15, 0.2) is 83.8 Å². The Morgan fingerprint density at radius 1 is 1.14 bits per heavy atom. The van der Waals surface area contributed by atoms with E-state index in [0.29, 0.717) is 31.8 Å². The van der Waals surface area contributed by atoms with E-state index in [0.717, 1.165) is 11.6 Å². The topological polar surface area (TPSA) is 66.2 Å². The first-order valence-corrected chi connectivity index (χ1v) is 11.2. The molecule has 2 aromatic heterocycles. The number of hydrogen-bond donors (Lipinski definition) is 0. The fraction of sp³-hybridized carbons (Fsp3) is 0.240. The van der Waals surface area contributed by atoms with Gasteiger partial charge in [0.05, 0.1) is 23.7 Å². The molecule has 4 rings (SSSR count). The minimum atomic E-state index is -4.56. The van der Waals surface area contributed by atoms with Crippen LogP contribution >= 0.6 is 11.6 Å². The molecule has 0 bridgehead atoms. The van der Waals surface area contributed by atoms with Gasteiger partial charge in [-0.2, -0.15) is 18.2 Å². The Labute approximate surface area is 204 Å². The van der Waals surface area contributed by atoms with Crippen molar-refractivity contribution in [3.63, 3.8) is 0 Å². The van der Waals surface area contributed by atoms with Crippen molar-refractivity contribution in [2.45, 2.75) is 25.6 Å². The van der Waals surface area contributed by atoms with Gasteiger partial charge in [0.25, 0.3) is 0 Å². The molecule has 0 aliphatic heterocycles. The van der Waals surface area contributed by atoms with Crippen molar-refractivity contribution in [2.24, 2.45) is 5.92 Å². The number of rotatable bonds is 8. The molecule has 0 fully saturated rings. The Morgan fingerprint density at radius 2 is 1.94 bits per heavy atom. The van der Waals surface area contributed by atoms with Gasteiger partial charge in [0.15, 0.2) is 0 Å². The van der Waals surface area contributed by atoms with Crippen molar-refractivity contribution in [2.75, 3.05) is 6.61 Å². The molecule has 10 heteroatoms. The van der Waals surface area contributed by atoms with Gasteiger partial charge in [-0.1, -0.05) is 17.7 Å². The van der Waals surface area contributed by atoms with E-state index in [4.69, 9.17) is 21.1 Å². The predicted octanol–water partition coefficient (Wildman–Crippen LogP) is 5.67. The summed E-state index contributed by atoms with van der Waals surface area (Å²) in [6, 6.07) is 8.74. The van der Waals surface area contributed by atoms with Crippen molar-refractivity contribution in [1.82, 2.24) is 14.5 Å². The van der Waals surface area contributed by atoms with Crippen molar-refractivity contribution >= 4 is 11.6 Å². The number of aromatic nitrogens is 3. The Kier molecular flexibility index (Phi) is 7.55. The van der Waals surface area contributed by atoms with Crippen LogP contribution in [-0.2, 0) is 12.7 Å². The summed E-state index contributed by atoms with van der Waals surface area (Å²) in [5.74, 6) is 0.926. The molecular formula is C25H21ClF3N3O3. The smallest absolute Gasteiger partial charge is 0.417 e. The number of ether oxygens (including phenoxy) is 2.